The highest BCUT2D eigenvalue weighted by Gasteiger charge is 2.83. The summed E-state index contributed by atoms with van der Waals surface area (Å²) in [5, 5.41) is 0. The summed E-state index contributed by atoms with van der Waals surface area (Å²) in [4.78, 5) is 11.5. The molecule has 0 N–H and O–H groups in total. The molecule has 4 aliphatic carbocycles. The number of hydrogen-bond donors (Lipinski definition) is 0. The third-order valence-corrected chi connectivity index (χ3v) is 9.76. The first kappa shape index (κ1) is 16.9. The molecule has 9 atom stereocenters. The van der Waals surface area contributed by atoms with Gasteiger partial charge in [0, 0.05) is 12.3 Å². The first-order valence-electron chi connectivity index (χ1n) is 11.1. The largest absolute Gasteiger partial charge is 0.455 e. The Hall–Kier alpha value is -1.03. The highest BCUT2D eigenvalue weighted by molar-refractivity contribution is 5.67. The third-order valence-electron chi connectivity index (χ3n) is 9.76. The highest BCUT2D eigenvalue weighted by atomic mass is 16.8. The van der Waals surface area contributed by atoms with Crippen LogP contribution in [0.5, 0.6) is 0 Å². The van der Waals surface area contributed by atoms with Crippen molar-refractivity contribution in [1.29, 1.82) is 0 Å². The Kier molecular flexibility index (Phi) is 3.08. The molecule has 3 saturated carbocycles. The molecule has 0 aromatic heterocycles. The summed E-state index contributed by atoms with van der Waals surface area (Å²) in [7, 11) is 0. The van der Waals surface area contributed by atoms with E-state index >= 15 is 0 Å². The second-order valence-electron chi connectivity index (χ2n) is 10.6. The average molecular weight is 373 g/mol. The minimum Gasteiger partial charge on any atom is -0.455 e. The van der Waals surface area contributed by atoms with Gasteiger partial charge in [-0.25, -0.2) is 0 Å². The number of epoxide rings is 1. The van der Waals surface area contributed by atoms with Crippen molar-refractivity contribution in [2.24, 2.45) is 34.5 Å². The number of ether oxygens (including phenoxy) is 3. The van der Waals surface area contributed by atoms with E-state index in [0.29, 0.717) is 17.3 Å². The molecule has 0 unspecified atom stereocenters. The zero-order valence-corrected chi connectivity index (χ0v) is 17.0. The maximum Gasteiger partial charge on any atom is 0.303 e. The normalized spacial score (nSPS) is 56.7. The van der Waals surface area contributed by atoms with E-state index in [4.69, 9.17) is 14.2 Å². The Labute approximate surface area is 162 Å². The quantitative estimate of drug-likeness (QED) is 0.526. The Morgan fingerprint density at radius 3 is 2.70 bits per heavy atom. The van der Waals surface area contributed by atoms with E-state index in [1.165, 1.54) is 44.6 Å². The van der Waals surface area contributed by atoms with E-state index in [1.807, 2.05) is 0 Å². The summed E-state index contributed by atoms with van der Waals surface area (Å²) in [5.41, 5.74) is 2.02. The van der Waals surface area contributed by atoms with E-state index < -0.39 is 5.79 Å². The van der Waals surface area contributed by atoms with Gasteiger partial charge in [0.2, 0.25) is 0 Å². The lowest BCUT2D eigenvalue weighted by Crippen LogP contribution is -2.61. The fraction of sp³-hybridized carbons (Fsp3) is 0.870. The molecule has 1 saturated heterocycles. The van der Waals surface area contributed by atoms with Gasteiger partial charge in [-0.05, 0) is 67.6 Å². The van der Waals surface area contributed by atoms with Crippen LogP contribution in [0, 0.1) is 34.5 Å². The Morgan fingerprint density at radius 1 is 1.15 bits per heavy atom. The molecular weight excluding hydrogens is 340 g/mol. The van der Waals surface area contributed by atoms with Crippen molar-refractivity contribution in [3.63, 3.8) is 0 Å². The molecule has 0 radical (unpaired) electrons. The predicted octanol–water partition coefficient (Wildman–Crippen LogP) is 4.58. The number of hydrogen-bond acceptors (Lipinski definition) is 4. The molecule has 2 heterocycles. The van der Waals surface area contributed by atoms with Gasteiger partial charge in [0.1, 0.15) is 11.9 Å². The summed E-state index contributed by atoms with van der Waals surface area (Å²) >= 11 is 0. The maximum absolute atomic E-state index is 11.5. The molecule has 27 heavy (non-hydrogen) atoms. The third kappa shape index (κ3) is 1.78. The van der Waals surface area contributed by atoms with Gasteiger partial charge in [-0.1, -0.05) is 27.2 Å². The zero-order chi connectivity index (χ0) is 18.8. The SMILES string of the molecule is CC[C@H]1CC[C@H]2[C@@H]3[C@@H]4O[C@]45OC4=C5[C@](C)(CC[C@@H]4OC(C)=O)[C@H]3CC[C@]12C. The minimum absolute atomic E-state index is 0.160. The van der Waals surface area contributed by atoms with Gasteiger partial charge in [-0.15, -0.1) is 0 Å². The van der Waals surface area contributed by atoms with Crippen LogP contribution in [0.1, 0.15) is 72.6 Å². The van der Waals surface area contributed by atoms with Crippen LogP contribution in [-0.2, 0) is 19.0 Å². The summed E-state index contributed by atoms with van der Waals surface area (Å²) in [6.45, 7) is 8.90. The van der Waals surface area contributed by atoms with E-state index in [9.17, 15) is 4.79 Å². The summed E-state index contributed by atoms with van der Waals surface area (Å²) in [6, 6.07) is 0. The molecule has 4 nitrogen and oxygen atoms in total. The fourth-order valence-electron chi connectivity index (χ4n) is 8.58. The van der Waals surface area contributed by atoms with Crippen molar-refractivity contribution >= 4 is 5.97 Å². The van der Waals surface area contributed by atoms with Gasteiger partial charge in [-0.3, -0.25) is 4.79 Å². The second kappa shape index (κ2) is 4.93. The second-order valence-corrected chi connectivity index (χ2v) is 10.6. The number of rotatable bonds is 2. The van der Waals surface area contributed by atoms with Gasteiger partial charge < -0.3 is 14.2 Å². The lowest BCUT2D eigenvalue weighted by Gasteiger charge is -2.61. The summed E-state index contributed by atoms with van der Waals surface area (Å²) in [6.07, 6.45) is 8.77. The number of fused-ring (bicyclic) bond motifs is 5. The van der Waals surface area contributed by atoms with Crippen LogP contribution in [0.3, 0.4) is 0 Å². The topological polar surface area (TPSA) is 48.1 Å². The van der Waals surface area contributed by atoms with Gasteiger partial charge in [-0.2, -0.15) is 0 Å². The molecule has 6 aliphatic rings. The molecule has 2 aliphatic heterocycles. The molecule has 6 rings (SSSR count). The van der Waals surface area contributed by atoms with E-state index in [0.717, 1.165) is 30.4 Å². The van der Waals surface area contributed by atoms with Gasteiger partial charge in [0.05, 0.1) is 5.57 Å². The monoisotopic (exact) mass is 372 g/mol. The zero-order valence-electron chi connectivity index (χ0n) is 17.0. The first-order chi connectivity index (χ1) is 12.8. The fourth-order valence-corrected chi connectivity index (χ4v) is 8.58. The van der Waals surface area contributed by atoms with Crippen LogP contribution in [0.4, 0.5) is 0 Å². The van der Waals surface area contributed by atoms with Crippen LogP contribution in [-0.4, -0.2) is 24.0 Å². The Morgan fingerprint density at radius 2 is 1.96 bits per heavy atom. The molecule has 148 valence electrons. The molecular formula is C23H32O4. The smallest absolute Gasteiger partial charge is 0.303 e. The van der Waals surface area contributed by atoms with Crippen LogP contribution >= 0.6 is 0 Å². The van der Waals surface area contributed by atoms with Crippen molar-refractivity contribution in [3.05, 3.63) is 11.3 Å². The minimum atomic E-state index is -0.452. The van der Waals surface area contributed by atoms with Crippen LogP contribution in [0.15, 0.2) is 11.3 Å². The first-order valence-corrected chi connectivity index (χ1v) is 11.1. The Bertz CT molecular complexity index is 757. The standard InChI is InChI=1S/C23H32O4/c1-5-13-6-7-14-17-15(8-10-21(13,14)3)22(4)11-9-16(25-12(2)24)18-19(22)23(26-18)20(17)27-23/h13-17,20H,5-11H2,1-4H3/t13-,14-,15-,16-,17-,20-,21+,22+,23-/m0/s1. The highest BCUT2D eigenvalue weighted by Crippen LogP contribution is 2.77. The predicted molar refractivity (Wildman–Crippen MR) is 99.4 cm³/mol. The molecule has 0 aromatic rings. The van der Waals surface area contributed by atoms with Crippen LogP contribution in [0.25, 0.3) is 0 Å². The number of carbonyl (C=O) groups is 1. The van der Waals surface area contributed by atoms with Gasteiger partial charge >= 0.3 is 5.97 Å². The van der Waals surface area contributed by atoms with Crippen LogP contribution in [0.2, 0.25) is 0 Å². The molecule has 4 heteroatoms. The van der Waals surface area contributed by atoms with E-state index in [2.05, 4.69) is 20.8 Å². The molecule has 0 aromatic carbocycles. The van der Waals surface area contributed by atoms with Crippen LogP contribution < -0.4 is 0 Å². The lowest BCUT2D eigenvalue weighted by atomic mass is 9.45. The molecule has 4 fully saturated rings. The summed E-state index contributed by atoms with van der Waals surface area (Å²) < 4.78 is 18.3. The van der Waals surface area contributed by atoms with Crippen molar-refractivity contribution in [2.45, 2.75) is 90.6 Å². The van der Waals surface area contributed by atoms with E-state index in [-0.39, 0.29) is 23.6 Å². The lowest BCUT2D eigenvalue weighted by molar-refractivity contribution is -0.164. The number of esters is 1. The maximum atomic E-state index is 11.5. The van der Waals surface area contributed by atoms with Crippen molar-refractivity contribution < 1.29 is 19.0 Å². The van der Waals surface area contributed by atoms with Gasteiger partial charge in [0.25, 0.3) is 5.79 Å². The molecule has 1 spiro atoms. The van der Waals surface area contributed by atoms with Crippen molar-refractivity contribution in [2.75, 3.05) is 0 Å². The van der Waals surface area contributed by atoms with Gasteiger partial charge in [0.15, 0.2) is 6.10 Å². The van der Waals surface area contributed by atoms with Crippen molar-refractivity contribution in [3.8, 4) is 0 Å². The van der Waals surface area contributed by atoms with Crippen molar-refractivity contribution in [1.82, 2.24) is 0 Å². The average Bonchev–Trinajstić information content (AvgIpc) is 3.25. The molecule has 0 bridgehead atoms. The molecule has 0 amide bonds. The summed E-state index contributed by atoms with van der Waals surface area (Å²) in [5.74, 6) is 3.26. The van der Waals surface area contributed by atoms with E-state index in [1.54, 1.807) is 0 Å². The Balaban J connectivity index is 1.40. The number of carbonyl (C=O) groups excluding carboxylic acids is 1.